The van der Waals surface area contributed by atoms with Crippen molar-refractivity contribution in [3.05, 3.63) is 79.8 Å². The average molecular weight is 673 g/mol. The number of piperidine rings is 1. The molecule has 2 aromatic carbocycles. The van der Waals surface area contributed by atoms with Gasteiger partial charge in [-0.2, -0.15) is 0 Å². The number of benzene rings is 2. The van der Waals surface area contributed by atoms with Gasteiger partial charge in [-0.3, -0.25) is 23.5 Å². The number of halogens is 3. The number of hydrogen-bond acceptors (Lipinski definition) is 6. The fourth-order valence-corrected chi connectivity index (χ4v) is 6.22. The van der Waals surface area contributed by atoms with Crippen LogP contribution >= 0.6 is 11.6 Å². The van der Waals surface area contributed by atoms with Crippen molar-refractivity contribution in [3.8, 4) is 16.9 Å². The Morgan fingerprint density at radius 1 is 1.15 bits per heavy atom. The highest BCUT2D eigenvalue weighted by molar-refractivity contribution is 6.33. The second-order valence-electron chi connectivity index (χ2n) is 11.6. The summed E-state index contributed by atoms with van der Waals surface area (Å²) in [5.41, 5.74) is -0.269. The minimum atomic E-state index is -1.57. The molecular formula is C32H35ClF2N6O6. The van der Waals surface area contributed by atoms with Crippen LogP contribution in [0.5, 0.6) is 5.75 Å². The van der Waals surface area contributed by atoms with Crippen LogP contribution in [0, 0.1) is 5.82 Å². The van der Waals surface area contributed by atoms with Crippen LogP contribution in [0.2, 0.25) is 5.02 Å². The summed E-state index contributed by atoms with van der Waals surface area (Å²) in [6, 6.07) is 7.12. The highest BCUT2D eigenvalue weighted by atomic mass is 35.5. The maximum atomic E-state index is 15.7. The van der Waals surface area contributed by atoms with Gasteiger partial charge in [0.25, 0.3) is 5.56 Å². The highest BCUT2D eigenvalue weighted by Crippen LogP contribution is 2.30. The van der Waals surface area contributed by atoms with E-state index in [-0.39, 0.29) is 54.7 Å². The Kier molecular flexibility index (Phi) is 9.99. The smallest absolute Gasteiger partial charge is 0.331 e. The normalized spacial score (nSPS) is 18.6. The second-order valence-corrected chi connectivity index (χ2v) is 12.0. The number of urea groups is 1. The van der Waals surface area contributed by atoms with Crippen LogP contribution in [0.15, 0.2) is 52.2 Å². The molecule has 2 N–H and O–H groups in total. The Morgan fingerprint density at radius 2 is 1.91 bits per heavy atom. The van der Waals surface area contributed by atoms with Crippen molar-refractivity contribution in [2.45, 2.75) is 51.5 Å². The topological polar surface area (TPSA) is 135 Å². The lowest BCUT2D eigenvalue weighted by atomic mass is 10.0. The molecule has 12 nitrogen and oxygen atoms in total. The van der Waals surface area contributed by atoms with E-state index in [1.165, 1.54) is 35.8 Å². The minimum Gasteiger partial charge on any atom is -0.497 e. The molecule has 250 valence electrons. The molecule has 2 aliphatic rings. The number of nitrogens with zero attached hydrogens (tertiary/aromatic N) is 4. The molecule has 3 heterocycles. The van der Waals surface area contributed by atoms with E-state index in [1.54, 1.807) is 19.2 Å². The summed E-state index contributed by atoms with van der Waals surface area (Å²) >= 11 is 6.19. The predicted molar refractivity (Wildman–Crippen MR) is 171 cm³/mol. The molecule has 0 bridgehead atoms. The first kappa shape index (κ1) is 33.6. The number of nitrogens with one attached hydrogen (secondary N) is 2. The van der Waals surface area contributed by atoms with E-state index < -0.39 is 53.8 Å². The quantitative estimate of drug-likeness (QED) is 0.378. The third-order valence-corrected chi connectivity index (χ3v) is 8.90. The molecule has 0 saturated carbocycles. The number of ether oxygens (including phenoxy) is 1. The van der Waals surface area contributed by atoms with Crippen molar-refractivity contribution in [1.29, 1.82) is 0 Å². The van der Waals surface area contributed by atoms with E-state index in [4.69, 9.17) is 16.3 Å². The van der Waals surface area contributed by atoms with Crippen LogP contribution in [0.25, 0.3) is 11.1 Å². The third-order valence-electron chi connectivity index (χ3n) is 8.52. The number of anilines is 1. The van der Waals surface area contributed by atoms with Gasteiger partial charge in [0.05, 0.1) is 36.3 Å². The van der Waals surface area contributed by atoms with Crippen molar-refractivity contribution >= 4 is 35.1 Å². The lowest BCUT2D eigenvalue weighted by Crippen LogP contribution is -2.56. The van der Waals surface area contributed by atoms with E-state index >= 15 is 4.39 Å². The molecule has 2 aliphatic heterocycles. The monoisotopic (exact) mass is 672 g/mol. The summed E-state index contributed by atoms with van der Waals surface area (Å²) in [4.78, 5) is 67.9. The minimum absolute atomic E-state index is 0.0132. The number of fused-ring (bicyclic) bond motifs is 1. The number of carbonyl (C=O) groups is 3. The van der Waals surface area contributed by atoms with Crippen LogP contribution in [-0.2, 0) is 22.6 Å². The second kappa shape index (κ2) is 14.0. The van der Waals surface area contributed by atoms with E-state index in [0.29, 0.717) is 17.9 Å². The van der Waals surface area contributed by atoms with Gasteiger partial charge in [0.1, 0.15) is 24.3 Å². The van der Waals surface area contributed by atoms with Gasteiger partial charge < -0.3 is 25.2 Å². The molecule has 3 aromatic rings. The summed E-state index contributed by atoms with van der Waals surface area (Å²) in [6.45, 7) is 2.27. The zero-order valence-corrected chi connectivity index (χ0v) is 26.9. The molecule has 0 aliphatic carbocycles. The maximum absolute atomic E-state index is 15.7. The molecule has 15 heteroatoms. The zero-order chi connectivity index (χ0) is 34.0. The van der Waals surface area contributed by atoms with Crippen molar-refractivity contribution in [3.63, 3.8) is 0 Å². The van der Waals surface area contributed by atoms with Crippen molar-refractivity contribution in [2.75, 3.05) is 38.6 Å². The highest BCUT2D eigenvalue weighted by Gasteiger charge is 2.38. The Bertz CT molecular complexity index is 1830. The summed E-state index contributed by atoms with van der Waals surface area (Å²) in [5.74, 6) is -1.11. The molecular weight excluding hydrogens is 638 g/mol. The number of carbonyl (C=O) groups excluding carboxylic acids is 3. The van der Waals surface area contributed by atoms with Crippen molar-refractivity contribution in [1.82, 2.24) is 24.3 Å². The summed E-state index contributed by atoms with van der Waals surface area (Å²) in [7, 11) is 1.55. The molecule has 4 amide bonds. The molecule has 1 fully saturated rings. The van der Waals surface area contributed by atoms with E-state index in [9.17, 15) is 28.4 Å². The van der Waals surface area contributed by atoms with Crippen LogP contribution in [0.4, 0.5) is 19.3 Å². The molecule has 3 atom stereocenters. The number of hydrogen-bond donors (Lipinski definition) is 2. The fourth-order valence-electron chi connectivity index (χ4n) is 5.99. The van der Waals surface area contributed by atoms with Crippen molar-refractivity contribution < 1.29 is 27.9 Å². The lowest BCUT2D eigenvalue weighted by molar-refractivity contribution is -0.135. The maximum Gasteiger partial charge on any atom is 0.331 e. The van der Waals surface area contributed by atoms with Crippen LogP contribution < -0.4 is 26.6 Å². The zero-order valence-electron chi connectivity index (χ0n) is 26.1. The Labute approximate surface area is 273 Å². The largest absolute Gasteiger partial charge is 0.497 e. The molecule has 1 aromatic heterocycles. The first-order valence-electron chi connectivity index (χ1n) is 15.1. The van der Waals surface area contributed by atoms with Gasteiger partial charge in [0.2, 0.25) is 11.8 Å². The average Bonchev–Trinajstić information content (AvgIpc) is 3.20. The number of rotatable bonds is 8. The fraction of sp³-hybridized carbons (Fsp3) is 0.406. The molecule has 2 unspecified atom stereocenters. The number of methoxy groups -OCH3 is 1. The molecule has 0 spiro atoms. The number of likely N-dealkylation sites (tertiary alicyclic amines) is 1. The van der Waals surface area contributed by atoms with Gasteiger partial charge in [-0.15, -0.1) is 0 Å². The van der Waals surface area contributed by atoms with Crippen molar-refractivity contribution in [2.24, 2.45) is 0 Å². The number of alkyl halides is 1. The third kappa shape index (κ3) is 7.02. The van der Waals surface area contributed by atoms with Crippen LogP contribution in [0.1, 0.15) is 31.9 Å². The molecule has 0 radical (unpaired) electrons. The van der Waals surface area contributed by atoms with Crippen LogP contribution in [0.3, 0.4) is 0 Å². The number of aromatic nitrogens is 2. The van der Waals surface area contributed by atoms with Gasteiger partial charge >= 0.3 is 11.7 Å². The number of amides is 4. The Hall–Kier alpha value is -4.72. The van der Waals surface area contributed by atoms with E-state index in [2.05, 4.69) is 10.6 Å². The SMILES string of the molecule is COc1ccc2c(c1)CCN(C1CCN(C(=O)Cn3cc(-c4cccc(F)c4Cl)c(=O)n([C@@H](C)CNC(C)=O)c3=O)CC1F)C(=O)N2. The van der Waals surface area contributed by atoms with Gasteiger partial charge in [-0.25, -0.2) is 18.4 Å². The summed E-state index contributed by atoms with van der Waals surface area (Å²) in [6.07, 6.45) is 0.206. The molecule has 1 saturated heterocycles. The molecule has 47 heavy (non-hydrogen) atoms. The van der Waals surface area contributed by atoms with Crippen LogP contribution in [-0.4, -0.2) is 82.3 Å². The standard InChI is InChI=1S/C32H35ClF2N6O6/c1-18(14-36-19(2)42)41-30(44)23(22-5-4-6-24(34)29(22)33)15-39(32(41)46)17-28(43)38-11-10-27(25(35)16-38)40-12-9-20-13-21(47-3)7-8-26(20)37-31(40)45/h4-8,13,15,18,25,27H,9-12,14,16-17H2,1-3H3,(H,36,42)(H,37,45)/t18-,25?,27?/m0/s1. The van der Waals surface area contributed by atoms with E-state index in [0.717, 1.165) is 27.0 Å². The van der Waals surface area contributed by atoms with E-state index in [1.807, 2.05) is 6.07 Å². The summed E-state index contributed by atoms with van der Waals surface area (Å²) in [5, 5.41) is 5.05. The molecule has 5 rings (SSSR count). The Balaban J connectivity index is 1.36. The van der Waals surface area contributed by atoms with Gasteiger partial charge in [0, 0.05) is 44.0 Å². The first-order chi connectivity index (χ1) is 22.4. The van der Waals surface area contributed by atoms with Gasteiger partial charge in [-0.1, -0.05) is 23.7 Å². The van der Waals surface area contributed by atoms with Gasteiger partial charge in [-0.05, 0) is 49.6 Å². The van der Waals surface area contributed by atoms with Gasteiger partial charge in [0.15, 0.2) is 0 Å². The predicted octanol–water partition coefficient (Wildman–Crippen LogP) is 3.20. The first-order valence-corrected chi connectivity index (χ1v) is 15.5. The summed E-state index contributed by atoms with van der Waals surface area (Å²) < 4.78 is 37.2. The lowest BCUT2D eigenvalue weighted by Gasteiger charge is -2.40. The Morgan fingerprint density at radius 3 is 2.62 bits per heavy atom.